The number of primary amides is 1. The Labute approximate surface area is 114 Å². The van der Waals surface area contributed by atoms with Crippen LogP contribution >= 0.6 is 0 Å². The van der Waals surface area contributed by atoms with Crippen LogP contribution in [0.25, 0.3) is 10.4 Å². The fourth-order valence-corrected chi connectivity index (χ4v) is 2.51. The third-order valence-corrected chi connectivity index (χ3v) is 3.68. The van der Waals surface area contributed by atoms with Crippen molar-refractivity contribution in [2.24, 2.45) is 10.8 Å². The van der Waals surface area contributed by atoms with Crippen molar-refractivity contribution in [3.8, 4) is 0 Å². The van der Waals surface area contributed by atoms with E-state index in [1.165, 1.54) is 0 Å². The summed E-state index contributed by atoms with van der Waals surface area (Å²) in [6.45, 7) is 6.13. The van der Waals surface area contributed by atoms with Crippen molar-refractivity contribution in [2.45, 2.75) is 38.1 Å². The molecule has 1 aliphatic heterocycles. The lowest BCUT2D eigenvalue weighted by Crippen LogP contribution is -2.61. The monoisotopic (exact) mass is 268 g/mol. The summed E-state index contributed by atoms with van der Waals surface area (Å²) in [7, 11) is 0. The fraction of sp³-hybridized carbons (Fsp3) is 0.917. The molecule has 19 heavy (non-hydrogen) atoms. The normalized spacial score (nSPS) is 18.8. The summed E-state index contributed by atoms with van der Waals surface area (Å²) >= 11 is 0. The number of piperidine rings is 1. The van der Waals surface area contributed by atoms with Gasteiger partial charge in [-0.1, -0.05) is 12.0 Å². The first-order valence-electron chi connectivity index (χ1n) is 6.93. The summed E-state index contributed by atoms with van der Waals surface area (Å²) in [5.74, 6) is -0.271. The van der Waals surface area contributed by atoms with Gasteiger partial charge in [-0.2, -0.15) is 0 Å². The van der Waals surface area contributed by atoms with E-state index in [4.69, 9.17) is 11.3 Å². The van der Waals surface area contributed by atoms with Gasteiger partial charge in [-0.05, 0) is 44.3 Å². The van der Waals surface area contributed by atoms with Crippen molar-refractivity contribution in [2.75, 3.05) is 32.7 Å². The maximum absolute atomic E-state index is 11.7. The van der Waals surface area contributed by atoms with Crippen LogP contribution in [0.3, 0.4) is 0 Å². The molecule has 1 aliphatic rings. The summed E-state index contributed by atoms with van der Waals surface area (Å²) in [5.41, 5.74) is 13.2. The molecule has 1 rings (SSSR count). The highest BCUT2D eigenvalue weighted by Crippen LogP contribution is 2.22. The molecule has 7 nitrogen and oxygen atoms in total. The number of nitrogens with two attached hydrogens (primary N) is 1. The van der Waals surface area contributed by atoms with Crippen LogP contribution in [-0.2, 0) is 4.79 Å². The second-order valence-corrected chi connectivity index (χ2v) is 5.02. The topological polar surface area (TPSA) is 107 Å². The molecule has 108 valence electrons. The van der Waals surface area contributed by atoms with Crippen molar-refractivity contribution >= 4 is 5.91 Å². The summed E-state index contributed by atoms with van der Waals surface area (Å²) in [5, 5.41) is 6.75. The number of hydrogen-bond donors (Lipinski definition) is 2. The number of rotatable bonds is 8. The van der Waals surface area contributed by atoms with E-state index in [2.05, 4.69) is 27.2 Å². The van der Waals surface area contributed by atoms with Crippen LogP contribution in [0.2, 0.25) is 0 Å². The molecule has 0 atom stereocenters. The second kappa shape index (κ2) is 7.99. The van der Waals surface area contributed by atoms with Gasteiger partial charge in [-0.15, -0.1) is 0 Å². The Hall–Kier alpha value is -1.30. The van der Waals surface area contributed by atoms with Crippen molar-refractivity contribution in [1.82, 2.24) is 10.2 Å². The Balaban J connectivity index is 2.43. The molecule has 1 fully saturated rings. The number of likely N-dealkylation sites (tertiary alicyclic amines) is 1. The van der Waals surface area contributed by atoms with Crippen LogP contribution in [-0.4, -0.2) is 49.1 Å². The molecule has 0 aromatic rings. The Morgan fingerprint density at radius 1 is 1.53 bits per heavy atom. The lowest BCUT2D eigenvalue weighted by Gasteiger charge is -2.40. The smallest absolute Gasteiger partial charge is 0.237 e. The van der Waals surface area contributed by atoms with Gasteiger partial charge in [0.25, 0.3) is 0 Å². The average molecular weight is 268 g/mol. The standard InChI is InChI=1S/C12H24N6O/c1-2-8-18-9-4-12(5-10-18,11(13)19)15-6-3-7-16-17-14/h15H,2-10H2,1H3,(H2,13,19). The van der Waals surface area contributed by atoms with E-state index in [1.54, 1.807) is 0 Å². The molecule has 7 heteroatoms. The van der Waals surface area contributed by atoms with Gasteiger partial charge >= 0.3 is 0 Å². The average Bonchev–Trinajstić information content (AvgIpc) is 2.40. The maximum Gasteiger partial charge on any atom is 0.237 e. The van der Waals surface area contributed by atoms with Gasteiger partial charge in [0.15, 0.2) is 0 Å². The predicted octanol–water partition coefficient (Wildman–Crippen LogP) is 1.01. The molecule has 1 amide bonds. The van der Waals surface area contributed by atoms with Crippen LogP contribution in [0, 0.1) is 0 Å². The minimum Gasteiger partial charge on any atom is -0.368 e. The molecule has 1 saturated heterocycles. The summed E-state index contributed by atoms with van der Waals surface area (Å²) in [6.07, 6.45) is 3.36. The molecule has 0 bridgehead atoms. The van der Waals surface area contributed by atoms with E-state index in [0.29, 0.717) is 13.1 Å². The van der Waals surface area contributed by atoms with Crippen LogP contribution in [0.1, 0.15) is 32.6 Å². The van der Waals surface area contributed by atoms with E-state index in [1.807, 2.05) is 0 Å². The van der Waals surface area contributed by atoms with E-state index in [9.17, 15) is 4.79 Å². The summed E-state index contributed by atoms with van der Waals surface area (Å²) < 4.78 is 0. The van der Waals surface area contributed by atoms with Crippen LogP contribution in [0.15, 0.2) is 5.11 Å². The van der Waals surface area contributed by atoms with Crippen molar-refractivity contribution in [1.29, 1.82) is 0 Å². The van der Waals surface area contributed by atoms with Gasteiger partial charge in [0.2, 0.25) is 5.91 Å². The molecular formula is C12H24N6O. The minimum absolute atomic E-state index is 0.271. The highest BCUT2D eigenvalue weighted by Gasteiger charge is 2.38. The zero-order valence-electron chi connectivity index (χ0n) is 11.6. The molecule has 0 aliphatic carbocycles. The van der Waals surface area contributed by atoms with Crippen molar-refractivity contribution < 1.29 is 4.79 Å². The van der Waals surface area contributed by atoms with Crippen LogP contribution < -0.4 is 11.1 Å². The van der Waals surface area contributed by atoms with E-state index in [0.717, 1.165) is 45.3 Å². The lowest BCUT2D eigenvalue weighted by atomic mass is 9.86. The SMILES string of the molecule is CCCN1CCC(NCCCN=[N+]=[N-])(C(N)=O)CC1. The number of nitrogens with zero attached hydrogens (tertiary/aromatic N) is 4. The molecule has 0 aromatic carbocycles. The first-order chi connectivity index (χ1) is 9.14. The molecule has 0 aromatic heterocycles. The van der Waals surface area contributed by atoms with Gasteiger partial charge in [0.1, 0.15) is 5.54 Å². The zero-order chi connectivity index (χ0) is 14.1. The predicted molar refractivity (Wildman–Crippen MR) is 74.5 cm³/mol. The maximum atomic E-state index is 11.7. The van der Waals surface area contributed by atoms with Gasteiger partial charge in [0, 0.05) is 24.5 Å². The molecule has 1 heterocycles. The Morgan fingerprint density at radius 3 is 2.74 bits per heavy atom. The van der Waals surface area contributed by atoms with E-state index >= 15 is 0 Å². The van der Waals surface area contributed by atoms with Crippen molar-refractivity contribution in [3.63, 3.8) is 0 Å². The Kier molecular flexibility index (Phi) is 6.62. The van der Waals surface area contributed by atoms with Crippen molar-refractivity contribution in [3.05, 3.63) is 10.4 Å². The molecule has 0 radical (unpaired) electrons. The highest BCUT2D eigenvalue weighted by atomic mass is 16.1. The number of carbonyl (C=O) groups excluding carboxylic acids is 1. The minimum atomic E-state index is -0.583. The summed E-state index contributed by atoms with van der Waals surface area (Å²) in [4.78, 5) is 16.8. The van der Waals surface area contributed by atoms with E-state index in [-0.39, 0.29) is 5.91 Å². The van der Waals surface area contributed by atoms with Gasteiger partial charge in [-0.3, -0.25) is 4.79 Å². The third-order valence-electron chi connectivity index (χ3n) is 3.68. The highest BCUT2D eigenvalue weighted by molar-refractivity contribution is 5.84. The number of amides is 1. The van der Waals surface area contributed by atoms with Crippen LogP contribution in [0.5, 0.6) is 0 Å². The number of carbonyl (C=O) groups is 1. The quantitative estimate of drug-likeness (QED) is 0.297. The fourth-order valence-electron chi connectivity index (χ4n) is 2.51. The molecule has 0 spiro atoms. The summed E-state index contributed by atoms with van der Waals surface area (Å²) in [6, 6.07) is 0. The molecule has 3 N–H and O–H groups in total. The molecule has 0 unspecified atom stereocenters. The zero-order valence-corrected chi connectivity index (χ0v) is 11.6. The third kappa shape index (κ3) is 4.70. The molecule has 0 saturated carbocycles. The number of azide groups is 1. The van der Waals surface area contributed by atoms with Gasteiger partial charge in [0.05, 0.1) is 0 Å². The first-order valence-corrected chi connectivity index (χ1v) is 6.93. The molecular weight excluding hydrogens is 244 g/mol. The largest absolute Gasteiger partial charge is 0.368 e. The Bertz CT molecular complexity index is 331. The lowest BCUT2D eigenvalue weighted by molar-refractivity contribution is -0.126. The Morgan fingerprint density at radius 2 is 2.21 bits per heavy atom. The second-order valence-electron chi connectivity index (χ2n) is 5.02. The van der Waals surface area contributed by atoms with Gasteiger partial charge in [-0.25, -0.2) is 0 Å². The first kappa shape index (κ1) is 15.8. The number of nitrogens with one attached hydrogen (secondary N) is 1. The van der Waals surface area contributed by atoms with E-state index < -0.39 is 5.54 Å². The van der Waals surface area contributed by atoms with Gasteiger partial charge < -0.3 is 16.0 Å². The van der Waals surface area contributed by atoms with Crippen LogP contribution in [0.4, 0.5) is 0 Å². The number of hydrogen-bond acceptors (Lipinski definition) is 4.